The molecule has 2 heterocycles. The third-order valence-electron chi connectivity index (χ3n) is 4.00. The van der Waals surface area contributed by atoms with Crippen LogP contribution in [-0.2, 0) is 10.0 Å². The zero-order valence-electron chi connectivity index (χ0n) is 14.9. The Kier molecular flexibility index (Phi) is 5.97. The molecule has 1 aromatic carbocycles. The average Bonchev–Trinajstić information content (AvgIpc) is 2.98. The molecule has 2 N–H and O–H groups in total. The molecule has 0 saturated carbocycles. The molecule has 148 valence electrons. The lowest BCUT2D eigenvalue weighted by Gasteiger charge is -2.07. The summed E-state index contributed by atoms with van der Waals surface area (Å²) in [5.74, 6) is -1.49. The molecule has 3 aromatic rings. The maximum atomic E-state index is 14.3. The quantitative estimate of drug-likeness (QED) is 0.570. The van der Waals surface area contributed by atoms with Crippen molar-refractivity contribution in [2.24, 2.45) is 0 Å². The van der Waals surface area contributed by atoms with Gasteiger partial charge in [-0.1, -0.05) is 29.3 Å². The summed E-state index contributed by atoms with van der Waals surface area (Å²) in [5, 5.41) is 2.84. The normalized spacial score (nSPS) is 11.7. The van der Waals surface area contributed by atoms with E-state index in [9.17, 15) is 17.6 Å². The molecule has 28 heavy (non-hydrogen) atoms. The maximum absolute atomic E-state index is 14.3. The fraction of sp³-hybridized carbons (Fsp3) is 0.222. The highest BCUT2D eigenvalue weighted by Gasteiger charge is 2.19. The maximum Gasteiger partial charge on any atom is 0.274 e. The second-order valence-corrected chi connectivity index (χ2v) is 8.35. The molecule has 0 radical (unpaired) electrons. The summed E-state index contributed by atoms with van der Waals surface area (Å²) in [6.45, 7) is 2.15. The molecule has 0 atom stereocenters. The van der Waals surface area contributed by atoms with Gasteiger partial charge in [-0.25, -0.2) is 18.1 Å². The predicted octanol–water partition coefficient (Wildman–Crippen LogP) is 2.53. The molecule has 3 rings (SSSR count). The molecular weight excluding hydrogens is 407 g/mol. The number of fused-ring (bicyclic) bond motifs is 1. The third-order valence-corrected chi connectivity index (χ3v) is 5.70. The Bertz CT molecular complexity index is 1110. The summed E-state index contributed by atoms with van der Waals surface area (Å²) in [7, 11) is -3.61. The number of carbonyl (C=O) groups excluding carboxylic acids is 1. The summed E-state index contributed by atoms with van der Waals surface area (Å²) in [6.07, 6.45) is 1.66. The topological polar surface area (TPSA) is 92.6 Å². The predicted molar refractivity (Wildman–Crippen MR) is 103 cm³/mol. The van der Waals surface area contributed by atoms with Crippen LogP contribution in [0.2, 0.25) is 5.02 Å². The van der Waals surface area contributed by atoms with Crippen LogP contribution in [0.4, 0.5) is 4.39 Å². The lowest BCUT2D eigenvalue weighted by Crippen LogP contribution is -2.30. The molecule has 0 aliphatic carbocycles. The van der Waals surface area contributed by atoms with Gasteiger partial charge in [0.05, 0.1) is 9.92 Å². The van der Waals surface area contributed by atoms with Crippen molar-refractivity contribution in [2.45, 2.75) is 18.2 Å². The van der Waals surface area contributed by atoms with Gasteiger partial charge >= 0.3 is 0 Å². The molecule has 0 saturated heterocycles. The van der Waals surface area contributed by atoms with Crippen LogP contribution in [0.1, 0.15) is 22.5 Å². The van der Waals surface area contributed by atoms with Crippen molar-refractivity contribution in [3.63, 3.8) is 0 Å². The number of aromatic nitrogens is 2. The highest BCUT2D eigenvalue weighted by molar-refractivity contribution is 7.89. The van der Waals surface area contributed by atoms with E-state index in [0.29, 0.717) is 11.4 Å². The number of nitrogens with zero attached hydrogens (tertiary/aromatic N) is 2. The van der Waals surface area contributed by atoms with Gasteiger partial charge in [-0.2, -0.15) is 4.39 Å². The summed E-state index contributed by atoms with van der Waals surface area (Å²) in [5.41, 5.74) is 0.878. The molecule has 0 aliphatic heterocycles. The van der Waals surface area contributed by atoms with Gasteiger partial charge in [0.25, 0.3) is 5.91 Å². The molecule has 1 amide bonds. The van der Waals surface area contributed by atoms with E-state index < -0.39 is 21.9 Å². The van der Waals surface area contributed by atoms with E-state index in [1.807, 2.05) is 6.92 Å². The standard InChI is InChI=1S/C18H18ClFN4O3S/c1-12-3-6-14(7-4-12)28(26,27)22-10-2-9-21-18(25)16-17(20)24-11-13(19)5-8-15(24)23-16/h3-8,11,22H,2,9-10H2,1H3,(H,21,25). The Hall–Kier alpha value is -2.49. The molecule has 0 spiro atoms. The van der Waals surface area contributed by atoms with E-state index in [1.165, 1.54) is 24.4 Å². The van der Waals surface area contributed by atoms with Crippen molar-refractivity contribution >= 4 is 33.2 Å². The number of hydrogen-bond donors (Lipinski definition) is 2. The van der Waals surface area contributed by atoms with E-state index in [-0.39, 0.29) is 29.3 Å². The molecular formula is C18H18ClFN4O3S. The third kappa shape index (κ3) is 4.49. The van der Waals surface area contributed by atoms with Gasteiger partial charge < -0.3 is 5.32 Å². The van der Waals surface area contributed by atoms with Crippen molar-refractivity contribution in [3.05, 3.63) is 64.8 Å². The fourth-order valence-corrected chi connectivity index (χ4v) is 3.75. The molecule has 0 bridgehead atoms. The first kappa shape index (κ1) is 20.2. The number of imidazole rings is 1. The first-order valence-electron chi connectivity index (χ1n) is 8.45. The molecule has 7 nitrogen and oxygen atoms in total. The highest BCUT2D eigenvalue weighted by atomic mass is 35.5. The minimum atomic E-state index is -3.61. The van der Waals surface area contributed by atoms with E-state index in [4.69, 9.17) is 11.6 Å². The second kappa shape index (κ2) is 8.26. The number of rotatable bonds is 7. The van der Waals surface area contributed by atoms with Crippen LogP contribution in [0.3, 0.4) is 0 Å². The van der Waals surface area contributed by atoms with Crippen LogP contribution >= 0.6 is 11.6 Å². The van der Waals surface area contributed by atoms with Gasteiger partial charge in [0.15, 0.2) is 5.69 Å². The second-order valence-electron chi connectivity index (χ2n) is 6.15. The van der Waals surface area contributed by atoms with Crippen LogP contribution in [0.15, 0.2) is 47.5 Å². The molecule has 10 heteroatoms. The lowest BCUT2D eigenvalue weighted by molar-refractivity contribution is 0.0944. The van der Waals surface area contributed by atoms with E-state index in [2.05, 4.69) is 15.0 Å². The van der Waals surface area contributed by atoms with Gasteiger partial charge in [-0.05, 0) is 37.6 Å². The first-order chi connectivity index (χ1) is 13.3. The smallest absolute Gasteiger partial charge is 0.274 e. The van der Waals surface area contributed by atoms with Crippen LogP contribution < -0.4 is 10.0 Å². The van der Waals surface area contributed by atoms with Crippen LogP contribution in [0.25, 0.3) is 5.65 Å². The summed E-state index contributed by atoms with van der Waals surface area (Å²) < 4.78 is 42.2. The van der Waals surface area contributed by atoms with Crippen molar-refractivity contribution in [2.75, 3.05) is 13.1 Å². The number of sulfonamides is 1. The Morgan fingerprint density at radius 3 is 2.61 bits per heavy atom. The molecule has 2 aromatic heterocycles. The SMILES string of the molecule is Cc1ccc(S(=O)(=O)NCCCNC(=O)c2nc3ccc(Cl)cn3c2F)cc1. The Morgan fingerprint density at radius 2 is 1.89 bits per heavy atom. The molecule has 0 unspecified atom stereocenters. The number of aryl methyl sites for hydroxylation is 1. The Labute approximate surface area is 166 Å². The number of pyridine rings is 1. The Morgan fingerprint density at radius 1 is 1.18 bits per heavy atom. The summed E-state index contributed by atoms with van der Waals surface area (Å²) in [6, 6.07) is 9.53. The lowest BCUT2D eigenvalue weighted by atomic mass is 10.2. The van der Waals surface area contributed by atoms with E-state index in [1.54, 1.807) is 18.2 Å². The van der Waals surface area contributed by atoms with Crippen molar-refractivity contribution in [1.82, 2.24) is 19.4 Å². The zero-order valence-corrected chi connectivity index (χ0v) is 16.5. The zero-order chi connectivity index (χ0) is 20.3. The fourth-order valence-electron chi connectivity index (χ4n) is 2.52. The van der Waals surface area contributed by atoms with Crippen LogP contribution in [0, 0.1) is 12.9 Å². The number of amides is 1. The summed E-state index contributed by atoms with van der Waals surface area (Å²) >= 11 is 5.81. The number of hydrogen-bond acceptors (Lipinski definition) is 4. The monoisotopic (exact) mass is 424 g/mol. The average molecular weight is 425 g/mol. The molecule has 0 aliphatic rings. The minimum Gasteiger partial charge on any atom is -0.351 e. The largest absolute Gasteiger partial charge is 0.351 e. The molecule has 0 fully saturated rings. The van der Waals surface area contributed by atoms with Crippen molar-refractivity contribution in [3.8, 4) is 0 Å². The van der Waals surface area contributed by atoms with E-state index >= 15 is 0 Å². The first-order valence-corrected chi connectivity index (χ1v) is 10.3. The van der Waals surface area contributed by atoms with Gasteiger partial charge in [0, 0.05) is 19.3 Å². The number of carbonyl (C=O) groups is 1. The number of benzene rings is 1. The van der Waals surface area contributed by atoms with Crippen molar-refractivity contribution < 1.29 is 17.6 Å². The van der Waals surface area contributed by atoms with Gasteiger partial charge in [0.2, 0.25) is 16.0 Å². The van der Waals surface area contributed by atoms with E-state index in [0.717, 1.165) is 9.96 Å². The Balaban J connectivity index is 1.52. The van der Waals surface area contributed by atoms with Crippen LogP contribution in [-0.4, -0.2) is 36.8 Å². The van der Waals surface area contributed by atoms with Crippen LogP contribution in [0.5, 0.6) is 0 Å². The minimum absolute atomic E-state index is 0.125. The number of nitrogens with one attached hydrogen (secondary N) is 2. The number of halogens is 2. The van der Waals surface area contributed by atoms with Gasteiger partial charge in [-0.15, -0.1) is 0 Å². The van der Waals surface area contributed by atoms with Crippen molar-refractivity contribution in [1.29, 1.82) is 0 Å². The van der Waals surface area contributed by atoms with Gasteiger partial charge in [-0.3, -0.25) is 9.20 Å². The summed E-state index contributed by atoms with van der Waals surface area (Å²) in [4.78, 5) is 16.3. The highest BCUT2D eigenvalue weighted by Crippen LogP contribution is 2.15. The van der Waals surface area contributed by atoms with Gasteiger partial charge in [0.1, 0.15) is 5.65 Å².